The van der Waals surface area contributed by atoms with Crippen LogP contribution in [0.15, 0.2) is 18.2 Å². The summed E-state index contributed by atoms with van der Waals surface area (Å²) >= 11 is 6.07. The monoisotopic (exact) mass is 371 g/mol. The van der Waals surface area contributed by atoms with Crippen molar-refractivity contribution < 1.29 is 9.53 Å². The van der Waals surface area contributed by atoms with Crippen LogP contribution in [-0.4, -0.2) is 34.4 Å². The molecule has 2 aromatic rings. The maximum Gasteiger partial charge on any atom is 0.170 e. The van der Waals surface area contributed by atoms with Crippen LogP contribution < -0.4 is 9.64 Å². The van der Waals surface area contributed by atoms with E-state index in [0.717, 1.165) is 54.2 Å². The van der Waals surface area contributed by atoms with Crippen LogP contribution in [0.3, 0.4) is 0 Å². The van der Waals surface area contributed by atoms with Crippen LogP contribution in [0.25, 0.3) is 0 Å². The largest absolute Gasteiger partial charge is 0.486 e. The van der Waals surface area contributed by atoms with Gasteiger partial charge in [0.1, 0.15) is 28.1 Å². The van der Waals surface area contributed by atoms with Crippen molar-refractivity contribution in [1.29, 1.82) is 0 Å². The second-order valence-corrected chi connectivity index (χ2v) is 7.79. The molecule has 0 atom stereocenters. The number of aryl methyl sites for hydroxylation is 3. The van der Waals surface area contributed by atoms with E-state index in [1.807, 2.05) is 26.0 Å². The number of carbonyl (C=O) groups is 1. The minimum absolute atomic E-state index is 0.184. The summed E-state index contributed by atoms with van der Waals surface area (Å²) in [5.41, 5.74) is 2.59. The van der Waals surface area contributed by atoms with Crippen molar-refractivity contribution in [2.45, 2.75) is 45.6 Å². The van der Waals surface area contributed by atoms with Crippen LogP contribution in [-0.2, 0) is 0 Å². The molecule has 0 unspecified atom stereocenters. The van der Waals surface area contributed by atoms with E-state index in [0.29, 0.717) is 17.4 Å². The lowest BCUT2D eigenvalue weighted by Gasteiger charge is -2.44. The third kappa shape index (κ3) is 3.05. The number of ketones is 1. The highest BCUT2D eigenvalue weighted by molar-refractivity contribution is 6.29. The van der Waals surface area contributed by atoms with Gasteiger partial charge in [0.2, 0.25) is 0 Å². The zero-order chi connectivity index (χ0) is 18.5. The van der Waals surface area contributed by atoms with Crippen molar-refractivity contribution in [3.63, 3.8) is 0 Å². The first-order chi connectivity index (χ1) is 12.3. The molecule has 1 fully saturated rings. The second-order valence-electron chi connectivity index (χ2n) is 7.40. The number of carbonyl (C=O) groups excluding carboxylic acids is 1. The molecular weight excluding hydrogens is 350 g/mol. The molecule has 0 bridgehead atoms. The van der Waals surface area contributed by atoms with Gasteiger partial charge in [-0.1, -0.05) is 11.6 Å². The minimum Gasteiger partial charge on any atom is -0.486 e. The maximum atomic E-state index is 12.7. The van der Waals surface area contributed by atoms with E-state index >= 15 is 0 Å². The van der Waals surface area contributed by atoms with Crippen molar-refractivity contribution in [2.75, 3.05) is 18.0 Å². The van der Waals surface area contributed by atoms with Crippen molar-refractivity contribution in [3.05, 3.63) is 45.9 Å². The molecule has 0 saturated carbocycles. The highest BCUT2D eigenvalue weighted by Gasteiger charge is 2.43. The molecule has 26 heavy (non-hydrogen) atoms. The number of benzene rings is 1. The molecule has 5 nitrogen and oxygen atoms in total. The van der Waals surface area contributed by atoms with E-state index in [1.165, 1.54) is 0 Å². The van der Waals surface area contributed by atoms with Crippen molar-refractivity contribution in [1.82, 2.24) is 9.97 Å². The number of ether oxygens (including phenoxy) is 1. The highest BCUT2D eigenvalue weighted by atomic mass is 35.5. The fourth-order valence-corrected chi connectivity index (χ4v) is 4.07. The molecule has 0 radical (unpaired) electrons. The van der Waals surface area contributed by atoms with Crippen LogP contribution >= 0.6 is 11.6 Å². The zero-order valence-corrected chi connectivity index (χ0v) is 16.1. The van der Waals surface area contributed by atoms with Crippen molar-refractivity contribution in [2.24, 2.45) is 0 Å². The van der Waals surface area contributed by atoms with Crippen LogP contribution in [0, 0.1) is 20.8 Å². The van der Waals surface area contributed by atoms with E-state index < -0.39 is 5.60 Å². The predicted molar refractivity (Wildman–Crippen MR) is 101 cm³/mol. The quantitative estimate of drug-likeness (QED) is 0.707. The smallest absolute Gasteiger partial charge is 0.170 e. The molecule has 2 aliphatic rings. The van der Waals surface area contributed by atoms with Gasteiger partial charge in [0.15, 0.2) is 5.78 Å². The number of nitrogens with zero attached hydrogens (tertiary/aromatic N) is 3. The van der Waals surface area contributed by atoms with Gasteiger partial charge in [-0.05, 0) is 44.0 Å². The molecule has 1 spiro atoms. The van der Waals surface area contributed by atoms with Gasteiger partial charge in [0.25, 0.3) is 0 Å². The Kier molecular flexibility index (Phi) is 4.14. The second kappa shape index (κ2) is 6.23. The van der Waals surface area contributed by atoms with Gasteiger partial charge in [0, 0.05) is 32.0 Å². The molecule has 4 rings (SSSR count). The molecular formula is C20H22ClN3O2. The maximum absolute atomic E-state index is 12.7. The Morgan fingerprint density at radius 3 is 2.46 bits per heavy atom. The fraction of sp³-hybridized carbons (Fsp3) is 0.450. The van der Waals surface area contributed by atoms with Crippen LogP contribution in [0.1, 0.15) is 46.6 Å². The lowest BCUT2D eigenvalue weighted by Crippen LogP contribution is -2.51. The summed E-state index contributed by atoms with van der Waals surface area (Å²) in [5.74, 6) is 2.42. The first kappa shape index (κ1) is 17.3. The Bertz CT molecular complexity index is 869. The average molecular weight is 372 g/mol. The topological polar surface area (TPSA) is 55.3 Å². The average Bonchev–Trinajstić information content (AvgIpc) is 2.57. The summed E-state index contributed by atoms with van der Waals surface area (Å²) in [4.78, 5) is 23.5. The zero-order valence-electron chi connectivity index (χ0n) is 15.3. The summed E-state index contributed by atoms with van der Waals surface area (Å²) in [6.45, 7) is 7.47. The van der Waals surface area contributed by atoms with Crippen LogP contribution in [0.2, 0.25) is 5.15 Å². The molecule has 0 amide bonds. The summed E-state index contributed by atoms with van der Waals surface area (Å²) < 4.78 is 6.39. The fourth-order valence-electron chi connectivity index (χ4n) is 3.85. The number of piperidine rings is 1. The van der Waals surface area contributed by atoms with E-state index in [-0.39, 0.29) is 5.78 Å². The van der Waals surface area contributed by atoms with Crippen LogP contribution in [0.5, 0.6) is 5.75 Å². The van der Waals surface area contributed by atoms with E-state index in [2.05, 4.69) is 21.8 Å². The summed E-state index contributed by atoms with van der Waals surface area (Å²) in [6.07, 6.45) is 2.01. The number of rotatable bonds is 1. The minimum atomic E-state index is -0.409. The number of aromatic nitrogens is 2. The molecule has 1 aromatic heterocycles. The van der Waals surface area contributed by atoms with E-state index in [1.54, 1.807) is 6.07 Å². The Morgan fingerprint density at radius 2 is 1.77 bits per heavy atom. The number of halogens is 1. The van der Waals surface area contributed by atoms with Gasteiger partial charge < -0.3 is 9.64 Å². The Hall–Kier alpha value is -2.14. The highest BCUT2D eigenvalue weighted by Crippen LogP contribution is 2.41. The Morgan fingerprint density at radius 1 is 1.08 bits per heavy atom. The molecule has 6 heteroatoms. The van der Waals surface area contributed by atoms with Gasteiger partial charge in [-0.15, -0.1) is 0 Å². The molecule has 3 heterocycles. The van der Waals surface area contributed by atoms with Gasteiger partial charge in [0.05, 0.1) is 12.0 Å². The van der Waals surface area contributed by atoms with Gasteiger partial charge in [-0.2, -0.15) is 0 Å². The van der Waals surface area contributed by atoms with E-state index in [9.17, 15) is 4.79 Å². The molecule has 136 valence electrons. The van der Waals surface area contributed by atoms with Crippen LogP contribution in [0.4, 0.5) is 5.82 Å². The number of hydrogen-bond acceptors (Lipinski definition) is 5. The first-order valence-electron chi connectivity index (χ1n) is 8.95. The first-order valence-corrected chi connectivity index (χ1v) is 9.33. The normalized spacial score (nSPS) is 18.6. The molecule has 0 N–H and O–H groups in total. The Labute approximate surface area is 158 Å². The standard InChI is InChI=1S/C20H22ClN3O2/c1-12-8-15-16(25)11-20(26-17(15)9-13(12)2)4-6-24(7-5-20)19-10-18(21)22-14(3)23-19/h8-10H,4-7,11H2,1-3H3. The predicted octanol–water partition coefficient (Wildman–Crippen LogP) is 4.06. The summed E-state index contributed by atoms with van der Waals surface area (Å²) in [5, 5.41) is 0.455. The molecule has 1 aromatic carbocycles. The Balaban J connectivity index is 1.55. The molecule has 2 aliphatic heterocycles. The van der Waals surface area contributed by atoms with Crippen molar-refractivity contribution in [3.8, 4) is 5.75 Å². The number of fused-ring (bicyclic) bond motifs is 1. The molecule has 0 aliphatic carbocycles. The summed E-state index contributed by atoms with van der Waals surface area (Å²) in [7, 11) is 0. The lowest BCUT2D eigenvalue weighted by atomic mass is 9.82. The SMILES string of the molecule is Cc1nc(Cl)cc(N2CCC3(CC2)CC(=O)c2cc(C)c(C)cc2O3)n1. The number of Topliss-reactive ketones (excluding diaryl/α,β-unsaturated/α-hetero) is 1. The van der Waals surface area contributed by atoms with Gasteiger partial charge in [-0.3, -0.25) is 4.79 Å². The van der Waals surface area contributed by atoms with Gasteiger partial charge >= 0.3 is 0 Å². The van der Waals surface area contributed by atoms with Crippen molar-refractivity contribution >= 4 is 23.2 Å². The molecule has 1 saturated heterocycles. The third-order valence-electron chi connectivity index (χ3n) is 5.50. The third-order valence-corrected chi connectivity index (χ3v) is 5.69. The number of hydrogen-bond donors (Lipinski definition) is 0. The summed E-state index contributed by atoms with van der Waals surface area (Å²) in [6, 6.07) is 5.75. The number of anilines is 1. The van der Waals surface area contributed by atoms with Gasteiger partial charge in [-0.25, -0.2) is 9.97 Å². The lowest BCUT2D eigenvalue weighted by molar-refractivity contribution is 0.0230. The van der Waals surface area contributed by atoms with E-state index in [4.69, 9.17) is 16.3 Å².